The van der Waals surface area contributed by atoms with E-state index in [1.54, 1.807) is 38.1 Å². The first-order chi connectivity index (χ1) is 14.9. The summed E-state index contributed by atoms with van der Waals surface area (Å²) in [5.41, 5.74) is 0.354. The number of hydrogen-bond donors (Lipinski definition) is 2. The molecule has 3 rings (SSSR count). The third kappa shape index (κ3) is 6.66. The van der Waals surface area contributed by atoms with Gasteiger partial charge >= 0.3 is 6.36 Å². The minimum atomic E-state index is -4.81. The van der Waals surface area contributed by atoms with E-state index in [0.717, 1.165) is 12.1 Å². The fraction of sp³-hybridized carbons (Fsp3) is 0.227. The smallest absolute Gasteiger partial charge is 0.406 e. The molecule has 0 saturated heterocycles. The monoisotopic (exact) mass is 465 g/mol. The SMILES string of the molecule is CC(C)(O)CNC(=O)c1cc(-c2ccc(Cl)cc2)nc(-c2ccc(OC(F)(F)F)cc2)n1. The van der Waals surface area contributed by atoms with E-state index in [1.165, 1.54) is 18.2 Å². The molecule has 168 valence electrons. The molecule has 2 aromatic carbocycles. The Morgan fingerprint density at radius 3 is 2.19 bits per heavy atom. The molecule has 2 N–H and O–H groups in total. The molecule has 1 heterocycles. The summed E-state index contributed by atoms with van der Waals surface area (Å²) >= 11 is 5.94. The minimum absolute atomic E-state index is 0.00900. The molecular formula is C22H19ClF3N3O3. The van der Waals surface area contributed by atoms with Gasteiger partial charge in [0.05, 0.1) is 11.3 Å². The standard InChI is InChI=1S/C22H19ClF3N3O3/c1-21(2,31)12-27-20(30)18-11-17(13-3-7-15(23)8-4-13)28-19(29-18)14-5-9-16(10-6-14)32-22(24,25)26/h3-11,31H,12H2,1-2H3,(H,27,30). The van der Waals surface area contributed by atoms with Crippen LogP contribution in [0.25, 0.3) is 22.6 Å². The van der Waals surface area contributed by atoms with Crippen LogP contribution in [-0.2, 0) is 0 Å². The first kappa shape index (κ1) is 23.5. The molecular weight excluding hydrogens is 447 g/mol. The van der Waals surface area contributed by atoms with Gasteiger partial charge in [-0.05, 0) is 56.3 Å². The van der Waals surface area contributed by atoms with E-state index < -0.39 is 23.6 Å². The zero-order valence-corrected chi connectivity index (χ0v) is 17.8. The zero-order valence-electron chi connectivity index (χ0n) is 17.1. The Kier molecular flexibility index (Phi) is 6.71. The second-order valence-electron chi connectivity index (χ2n) is 7.54. The lowest BCUT2D eigenvalue weighted by Gasteiger charge is -2.17. The van der Waals surface area contributed by atoms with Crippen molar-refractivity contribution in [3.8, 4) is 28.4 Å². The van der Waals surface area contributed by atoms with E-state index in [9.17, 15) is 23.1 Å². The predicted octanol–water partition coefficient (Wildman–Crippen LogP) is 4.86. The highest BCUT2D eigenvalue weighted by atomic mass is 35.5. The molecule has 0 aliphatic heterocycles. The Labute approximate surface area is 187 Å². The quantitative estimate of drug-likeness (QED) is 0.543. The molecule has 0 atom stereocenters. The summed E-state index contributed by atoms with van der Waals surface area (Å²) in [6.07, 6.45) is -4.81. The molecule has 3 aromatic rings. The van der Waals surface area contributed by atoms with Crippen molar-refractivity contribution in [1.29, 1.82) is 0 Å². The summed E-state index contributed by atoms with van der Waals surface area (Å²) < 4.78 is 41.1. The van der Waals surface area contributed by atoms with Crippen LogP contribution in [0.5, 0.6) is 5.75 Å². The molecule has 0 unspecified atom stereocenters. The zero-order chi connectivity index (χ0) is 23.5. The van der Waals surface area contributed by atoms with Gasteiger partial charge in [0, 0.05) is 22.7 Å². The summed E-state index contributed by atoms with van der Waals surface area (Å²) in [7, 11) is 0. The normalized spacial score (nSPS) is 11.8. The summed E-state index contributed by atoms with van der Waals surface area (Å²) in [6.45, 7) is 3.08. The number of benzene rings is 2. The Bertz CT molecular complexity index is 1100. The molecule has 0 aliphatic carbocycles. The molecule has 0 saturated carbocycles. The Balaban J connectivity index is 2.00. The Hall–Kier alpha value is -3.17. The van der Waals surface area contributed by atoms with Crippen LogP contribution >= 0.6 is 11.6 Å². The predicted molar refractivity (Wildman–Crippen MR) is 113 cm³/mol. The van der Waals surface area contributed by atoms with Gasteiger partial charge in [-0.1, -0.05) is 23.7 Å². The van der Waals surface area contributed by atoms with E-state index >= 15 is 0 Å². The Morgan fingerprint density at radius 2 is 1.62 bits per heavy atom. The molecule has 0 fully saturated rings. The van der Waals surface area contributed by atoms with Crippen LogP contribution in [0.1, 0.15) is 24.3 Å². The fourth-order valence-electron chi connectivity index (χ4n) is 2.65. The number of nitrogens with zero attached hydrogens (tertiary/aromatic N) is 2. The summed E-state index contributed by atoms with van der Waals surface area (Å²) in [5, 5.41) is 13.0. The van der Waals surface area contributed by atoms with Crippen LogP contribution in [-0.4, -0.2) is 39.5 Å². The van der Waals surface area contributed by atoms with E-state index in [2.05, 4.69) is 20.0 Å². The van der Waals surface area contributed by atoms with Crippen molar-refractivity contribution >= 4 is 17.5 Å². The van der Waals surface area contributed by atoms with Crippen LogP contribution in [0.15, 0.2) is 54.6 Å². The fourth-order valence-corrected chi connectivity index (χ4v) is 2.78. The third-order valence-corrected chi connectivity index (χ3v) is 4.38. The summed E-state index contributed by atoms with van der Waals surface area (Å²) in [4.78, 5) is 21.4. The minimum Gasteiger partial charge on any atom is -0.406 e. The van der Waals surface area contributed by atoms with Gasteiger partial charge in [0.2, 0.25) is 0 Å². The number of ether oxygens (including phenoxy) is 1. The molecule has 0 aliphatic rings. The molecule has 6 nitrogen and oxygen atoms in total. The molecule has 32 heavy (non-hydrogen) atoms. The summed E-state index contributed by atoms with van der Waals surface area (Å²) in [5.74, 6) is -0.800. The molecule has 0 bridgehead atoms. The van der Waals surface area contributed by atoms with Crippen molar-refractivity contribution in [2.24, 2.45) is 0 Å². The van der Waals surface area contributed by atoms with Crippen molar-refractivity contribution in [1.82, 2.24) is 15.3 Å². The Morgan fingerprint density at radius 1 is 1.03 bits per heavy atom. The van der Waals surface area contributed by atoms with E-state index in [-0.39, 0.29) is 18.1 Å². The van der Waals surface area contributed by atoms with Crippen LogP contribution in [0.4, 0.5) is 13.2 Å². The van der Waals surface area contributed by atoms with Crippen molar-refractivity contribution in [3.05, 3.63) is 65.3 Å². The van der Waals surface area contributed by atoms with Gasteiger partial charge in [-0.3, -0.25) is 4.79 Å². The number of carbonyl (C=O) groups is 1. The van der Waals surface area contributed by atoms with Crippen molar-refractivity contribution in [2.45, 2.75) is 25.8 Å². The van der Waals surface area contributed by atoms with E-state index in [1.807, 2.05) is 0 Å². The highest BCUT2D eigenvalue weighted by Gasteiger charge is 2.31. The van der Waals surface area contributed by atoms with Gasteiger partial charge < -0.3 is 15.2 Å². The second-order valence-corrected chi connectivity index (χ2v) is 7.97. The number of alkyl halides is 3. The second kappa shape index (κ2) is 9.13. The van der Waals surface area contributed by atoms with Gasteiger partial charge in [0.1, 0.15) is 11.4 Å². The lowest BCUT2D eigenvalue weighted by Crippen LogP contribution is -2.38. The molecule has 1 amide bonds. The van der Waals surface area contributed by atoms with Crippen LogP contribution in [0.3, 0.4) is 0 Å². The maximum Gasteiger partial charge on any atom is 0.573 e. The maximum absolute atomic E-state index is 12.6. The van der Waals surface area contributed by atoms with Gasteiger partial charge in [-0.2, -0.15) is 0 Å². The average molecular weight is 466 g/mol. The highest BCUT2D eigenvalue weighted by molar-refractivity contribution is 6.30. The van der Waals surface area contributed by atoms with Gasteiger partial charge in [0.25, 0.3) is 5.91 Å². The average Bonchev–Trinajstić information content (AvgIpc) is 2.71. The summed E-state index contributed by atoms with van der Waals surface area (Å²) in [6, 6.07) is 13.2. The van der Waals surface area contributed by atoms with Gasteiger partial charge in [-0.15, -0.1) is 13.2 Å². The van der Waals surface area contributed by atoms with E-state index in [4.69, 9.17) is 11.6 Å². The highest BCUT2D eigenvalue weighted by Crippen LogP contribution is 2.27. The molecule has 10 heteroatoms. The number of hydrogen-bond acceptors (Lipinski definition) is 5. The largest absolute Gasteiger partial charge is 0.573 e. The van der Waals surface area contributed by atoms with Crippen LogP contribution in [0.2, 0.25) is 5.02 Å². The lowest BCUT2D eigenvalue weighted by molar-refractivity contribution is -0.274. The van der Waals surface area contributed by atoms with E-state index in [0.29, 0.717) is 21.8 Å². The maximum atomic E-state index is 12.6. The number of aromatic nitrogens is 2. The number of amides is 1. The van der Waals surface area contributed by atoms with Crippen molar-refractivity contribution in [2.75, 3.05) is 6.54 Å². The van der Waals surface area contributed by atoms with Crippen LogP contribution in [0, 0.1) is 0 Å². The van der Waals surface area contributed by atoms with Crippen molar-refractivity contribution in [3.63, 3.8) is 0 Å². The number of carbonyl (C=O) groups excluding carboxylic acids is 1. The van der Waals surface area contributed by atoms with Crippen LogP contribution < -0.4 is 10.1 Å². The third-order valence-electron chi connectivity index (χ3n) is 4.13. The molecule has 0 radical (unpaired) electrons. The van der Waals surface area contributed by atoms with Crippen molar-refractivity contribution < 1.29 is 27.8 Å². The number of rotatable bonds is 6. The lowest BCUT2D eigenvalue weighted by atomic mass is 10.1. The molecule has 0 spiro atoms. The number of nitrogens with one attached hydrogen (secondary N) is 1. The number of aliphatic hydroxyl groups is 1. The first-order valence-electron chi connectivity index (χ1n) is 9.41. The first-order valence-corrected chi connectivity index (χ1v) is 9.79. The van der Waals surface area contributed by atoms with Gasteiger partial charge in [-0.25, -0.2) is 9.97 Å². The van der Waals surface area contributed by atoms with Gasteiger partial charge in [0.15, 0.2) is 5.82 Å². The number of halogens is 4. The molecule has 1 aromatic heterocycles. The topological polar surface area (TPSA) is 84.3 Å².